The zero-order chi connectivity index (χ0) is 20.7. The van der Waals surface area contributed by atoms with Crippen LogP contribution in [-0.4, -0.2) is 26.7 Å². The Morgan fingerprint density at radius 2 is 1.89 bits per heavy atom. The molecule has 1 amide bonds. The highest BCUT2D eigenvalue weighted by molar-refractivity contribution is 7.22. The fraction of sp³-hybridized carbons (Fsp3) is 0.278. The zero-order valence-electron chi connectivity index (χ0n) is 15.2. The van der Waals surface area contributed by atoms with Gasteiger partial charge in [-0.25, -0.2) is 19.7 Å². The summed E-state index contributed by atoms with van der Waals surface area (Å²) in [7, 11) is 0. The van der Waals surface area contributed by atoms with Crippen molar-refractivity contribution in [2.24, 2.45) is 0 Å². The van der Waals surface area contributed by atoms with Gasteiger partial charge >= 0.3 is 12.3 Å². The van der Waals surface area contributed by atoms with Crippen LogP contribution in [0.1, 0.15) is 26.3 Å². The summed E-state index contributed by atoms with van der Waals surface area (Å²) in [6, 6.07) is 7.36. The highest BCUT2D eigenvalue weighted by atomic mass is 32.1. The van der Waals surface area contributed by atoms with Crippen LogP contribution in [0.2, 0.25) is 0 Å². The van der Waals surface area contributed by atoms with Crippen molar-refractivity contribution in [1.82, 2.24) is 9.97 Å². The van der Waals surface area contributed by atoms with E-state index in [-0.39, 0.29) is 5.82 Å². The van der Waals surface area contributed by atoms with Gasteiger partial charge in [-0.3, -0.25) is 0 Å². The van der Waals surface area contributed by atoms with Crippen LogP contribution in [0.15, 0.2) is 36.5 Å². The van der Waals surface area contributed by atoms with Crippen molar-refractivity contribution in [3.05, 3.63) is 42.1 Å². The molecule has 0 spiro atoms. The molecule has 0 bridgehead atoms. The molecule has 6 nitrogen and oxygen atoms in total. The van der Waals surface area contributed by atoms with E-state index >= 15 is 0 Å². The number of hydrogen-bond acceptors (Lipinski definition) is 5. The van der Waals surface area contributed by atoms with Gasteiger partial charge in [0.15, 0.2) is 5.13 Å². The van der Waals surface area contributed by atoms with Gasteiger partial charge in [0.1, 0.15) is 5.82 Å². The van der Waals surface area contributed by atoms with Crippen molar-refractivity contribution in [3.63, 3.8) is 0 Å². The summed E-state index contributed by atoms with van der Waals surface area (Å²) in [4.78, 5) is 21.0. The Balaban J connectivity index is 1.88. The number of hydrogen-bond donors (Lipinski definition) is 2. The molecule has 2 N–H and O–H groups in total. The SMILES string of the molecule is CC(C)(C)N(C(=O)O)c1nc2ccc(Nc3ccc(C(F)(F)F)cn3)cc2s1. The highest BCUT2D eigenvalue weighted by Gasteiger charge is 2.31. The van der Waals surface area contributed by atoms with E-state index in [1.165, 1.54) is 22.3 Å². The number of carbonyl (C=O) groups is 1. The van der Waals surface area contributed by atoms with Gasteiger partial charge in [-0.2, -0.15) is 13.2 Å². The third kappa shape index (κ3) is 4.16. The Hall–Kier alpha value is -2.88. The molecule has 0 aliphatic heterocycles. The number of thiazole rings is 1. The Bertz CT molecular complexity index is 1010. The van der Waals surface area contributed by atoms with E-state index in [9.17, 15) is 23.1 Å². The summed E-state index contributed by atoms with van der Waals surface area (Å²) < 4.78 is 38.6. The number of rotatable bonds is 3. The number of halogens is 3. The van der Waals surface area contributed by atoms with E-state index in [0.717, 1.165) is 17.0 Å². The van der Waals surface area contributed by atoms with Gasteiger partial charge in [-0.1, -0.05) is 11.3 Å². The molecule has 2 heterocycles. The van der Waals surface area contributed by atoms with E-state index in [2.05, 4.69) is 15.3 Å². The fourth-order valence-electron chi connectivity index (χ4n) is 2.52. The molecule has 3 rings (SSSR count). The highest BCUT2D eigenvalue weighted by Crippen LogP contribution is 2.35. The first-order valence-electron chi connectivity index (χ1n) is 8.19. The third-order valence-corrected chi connectivity index (χ3v) is 4.80. The Morgan fingerprint density at radius 3 is 2.43 bits per heavy atom. The summed E-state index contributed by atoms with van der Waals surface area (Å²) in [6.45, 7) is 5.32. The lowest BCUT2D eigenvalue weighted by molar-refractivity contribution is -0.137. The molecular formula is C18H17F3N4O2S. The van der Waals surface area contributed by atoms with Crippen LogP contribution in [0, 0.1) is 0 Å². The maximum Gasteiger partial charge on any atom is 0.417 e. The summed E-state index contributed by atoms with van der Waals surface area (Å²) >= 11 is 1.22. The van der Waals surface area contributed by atoms with Crippen LogP contribution in [0.3, 0.4) is 0 Å². The number of nitrogens with zero attached hydrogens (tertiary/aromatic N) is 3. The number of nitrogens with one attached hydrogen (secondary N) is 1. The van der Waals surface area contributed by atoms with Gasteiger partial charge in [0.05, 0.1) is 15.8 Å². The molecule has 2 aromatic heterocycles. The largest absolute Gasteiger partial charge is 0.465 e. The Morgan fingerprint density at radius 1 is 1.18 bits per heavy atom. The molecule has 0 fully saturated rings. The van der Waals surface area contributed by atoms with Crippen LogP contribution in [0.25, 0.3) is 10.2 Å². The number of aromatic nitrogens is 2. The van der Waals surface area contributed by atoms with E-state index in [4.69, 9.17) is 0 Å². The summed E-state index contributed by atoms with van der Waals surface area (Å²) in [5, 5.41) is 12.8. The molecule has 10 heteroatoms. The minimum atomic E-state index is -4.44. The predicted molar refractivity (Wildman–Crippen MR) is 102 cm³/mol. The topological polar surface area (TPSA) is 78.4 Å². The maximum absolute atomic E-state index is 12.6. The lowest BCUT2D eigenvalue weighted by Crippen LogP contribution is -2.45. The Kier molecular flexibility index (Phi) is 4.92. The van der Waals surface area contributed by atoms with Crippen molar-refractivity contribution in [3.8, 4) is 0 Å². The summed E-state index contributed by atoms with van der Waals surface area (Å²) in [5.41, 5.74) is -0.254. The number of anilines is 3. The van der Waals surface area contributed by atoms with E-state index in [1.54, 1.807) is 39.0 Å². The van der Waals surface area contributed by atoms with Crippen molar-refractivity contribution < 1.29 is 23.1 Å². The molecular weight excluding hydrogens is 393 g/mol. The summed E-state index contributed by atoms with van der Waals surface area (Å²) in [5.74, 6) is 0.263. The van der Waals surface area contributed by atoms with Crippen LogP contribution in [0.4, 0.5) is 34.6 Å². The standard InChI is InChI=1S/C18H17F3N4O2S/c1-17(2,3)25(16(26)27)15-24-12-6-5-11(8-13(12)28-15)23-14-7-4-10(9-22-14)18(19,20)21/h4-9H,1-3H3,(H,22,23)(H,26,27). The van der Waals surface area contributed by atoms with Crippen molar-refractivity contribution in [2.45, 2.75) is 32.5 Å². The average Bonchev–Trinajstić information content (AvgIpc) is 2.94. The van der Waals surface area contributed by atoms with Crippen LogP contribution in [0.5, 0.6) is 0 Å². The Labute approximate surface area is 162 Å². The van der Waals surface area contributed by atoms with Gasteiger partial charge < -0.3 is 10.4 Å². The molecule has 0 atom stereocenters. The van der Waals surface area contributed by atoms with Gasteiger partial charge in [-0.05, 0) is 51.1 Å². The van der Waals surface area contributed by atoms with E-state index in [0.29, 0.717) is 16.3 Å². The average molecular weight is 410 g/mol. The molecule has 0 unspecified atom stereocenters. The first kappa shape index (κ1) is 19.9. The third-order valence-electron chi connectivity index (χ3n) is 3.79. The van der Waals surface area contributed by atoms with E-state index < -0.39 is 23.4 Å². The molecule has 0 aliphatic carbocycles. The normalized spacial score (nSPS) is 12.2. The molecule has 1 aromatic carbocycles. The minimum absolute atomic E-state index is 0.263. The second-order valence-electron chi connectivity index (χ2n) is 7.02. The van der Waals surface area contributed by atoms with Crippen LogP contribution in [-0.2, 0) is 6.18 Å². The lowest BCUT2D eigenvalue weighted by Gasteiger charge is -2.30. The number of alkyl halides is 3. The molecule has 3 aromatic rings. The number of benzene rings is 1. The number of carboxylic acid groups (broad SMARTS) is 1. The van der Waals surface area contributed by atoms with E-state index in [1.807, 2.05) is 0 Å². The number of pyridine rings is 1. The monoisotopic (exact) mass is 410 g/mol. The molecule has 0 radical (unpaired) electrons. The molecule has 148 valence electrons. The number of amides is 1. The maximum atomic E-state index is 12.6. The van der Waals surface area contributed by atoms with Crippen molar-refractivity contribution in [2.75, 3.05) is 10.2 Å². The second-order valence-corrected chi connectivity index (χ2v) is 8.03. The zero-order valence-corrected chi connectivity index (χ0v) is 16.0. The van der Waals surface area contributed by atoms with Crippen LogP contribution >= 0.6 is 11.3 Å². The first-order chi connectivity index (χ1) is 12.9. The quantitative estimate of drug-likeness (QED) is 0.576. The van der Waals surface area contributed by atoms with Crippen molar-refractivity contribution in [1.29, 1.82) is 0 Å². The smallest absolute Gasteiger partial charge is 0.417 e. The first-order valence-corrected chi connectivity index (χ1v) is 9.01. The van der Waals surface area contributed by atoms with Gasteiger partial charge in [0, 0.05) is 17.4 Å². The van der Waals surface area contributed by atoms with Gasteiger partial charge in [-0.15, -0.1) is 0 Å². The minimum Gasteiger partial charge on any atom is -0.465 e. The van der Waals surface area contributed by atoms with Crippen molar-refractivity contribution >= 4 is 44.3 Å². The molecule has 0 saturated heterocycles. The summed E-state index contributed by atoms with van der Waals surface area (Å²) in [6.07, 6.45) is -4.77. The molecule has 0 saturated carbocycles. The molecule has 0 aliphatic rings. The van der Waals surface area contributed by atoms with Crippen LogP contribution < -0.4 is 10.2 Å². The lowest BCUT2D eigenvalue weighted by atomic mass is 10.1. The fourth-order valence-corrected chi connectivity index (χ4v) is 3.71. The molecule has 28 heavy (non-hydrogen) atoms. The van der Waals surface area contributed by atoms with Gasteiger partial charge in [0.25, 0.3) is 0 Å². The predicted octanol–water partition coefficient (Wildman–Crippen LogP) is 5.74. The number of fused-ring (bicyclic) bond motifs is 1. The second kappa shape index (κ2) is 6.93. The van der Waals surface area contributed by atoms with Gasteiger partial charge in [0.2, 0.25) is 0 Å².